The number of nitrogens with zero attached hydrogens (tertiary/aromatic N) is 3. The minimum absolute atomic E-state index is 0.865. The maximum Gasteiger partial charge on any atom is 0.169 e. The Kier molecular flexibility index (Phi) is 4.09. The molecular formula is C16H14BrN3S2. The van der Waals surface area contributed by atoms with E-state index in [9.17, 15) is 0 Å². The first-order chi connectivity index (χ1) is 10.8. The van der Waals surface area contributed by atoms with Gasteiger partial charge in [0.05, 0.1) is 10.6 Å². The zero-order valence-corrected chi connectivity index (χ0v) is 15.0. The van der Waals surface area contributed by atoms with Crippen LogP contribution in [0.15, 0.2) is 39.6 Å². The molecule has 3 nitrogen and oxygen atoms in total. The molecule has 0 amide bonds. The summed E-state index contributed by atoms with van der Waals surface area (Å²) in [5, 5.41) is 4.21. The highest BCUT2D eigenvalue weighted by Crippen LogP contribution is 2.26. The van der Waals surface area contributed by atoms with Crippen LogP contribution in [-0.4, -0.2) is 21.4 Å². The zero-order chi connectivity index (χ0) is 14.9. The molecule has 0 atom stereocenters. The topological polar surface area (TPSA) is 29.0 Å². The Morgan fingerprint density at radius 2 is 2.27 bits per heavy atom. The summed E-state index contributed by atoms with van der Waals surface area (Å²) in [7, 11) is 0. The molecule has 0 bridgehead atoms. The van der Waals surface area contributed by atoms with Crippen LogP contribution in [0.3, 0.4) is 0 Å². The van der Waals surface area contributed by atoms with E-state index in [4.69, 9.17) is 4.98 Å². The first kappa shape index (κ1) is 14.5. The van der Waals surface area contributed by atoms with E-state index in [0.717, 1.165) is 36.8 Å². The summed E-state index contributed by atoms with van der Waals surface area (Å²) in [6, 6.07) is 6.33. The molecule has 0 unspecified atom stereocenters. The minimum Gasteiger partial charge on any atom is -0.293 e. The third-order valence-corrected chi connectivity index (χ3v) is 6.30. The molecule has 0 spiro atoms. The Hall–Kier alpha value is -1.08. The summed E-state index contributed by atoms with van der Waals surface area (Å²) >= 11 is 7.02. The highest BCUT2D eigenvalue weighted by Gasteiger charge is 2.19. The highest BCUT2D eigenvalue weighted by atomic mass is 79.9. The highest BCUT2D eigenvalue weighted by molar-refractivity contribution is 9.10. The fourth-order valence-electron chi connectivity index (χ4n) is 2.69. The van der Waals surface area contributed by atoms with Crippen LogP contribution in [0.4, 0.5) is 0 Å². The molecule has 0 aliphatic carbocycles. The molecule has 0 saturated carbocycles. The lowest BCUT2D eigenvalue weighted by Crippen LogP contribution is -2.30. The number of fused-ring (bicyclic) bond motifs is 1. The van der Waals surface area contributed by atoms with Gasteiger partial charge < -0.3 is 0 Å². The average Bonchev–Trinajstić information content (AvgIpc) is 3.19. The van der Waals surface area contributed by atoms with Crippen molar-refractivity contribution >= 4 is 38.6 Å². The van der Waals surface area contributed by atoms with Crippen molar-refractivity contribution in [3.05, 3.63) is 55.8 Å². The summed E-state index contributed by atoms with van der Waals surface area (Å²) in [4.78, 5) is 14.3. The Labute approximate surface area is 145 Å². The van der Waals surface area contributed by atoms with E-state index in [2.05, 4.69) is 48.7 Å². The van der Waals surface area contributed by atoms with Gasteiger partial charge in [-0.25, -0.2) is 9.97 Å². The Morgan fingerprint density at radius 3 is 3.05 bits per heavy atom. The molecule has 3 aromatic heterocycles. The van der Waals surface area contributed by atoms with Gasteiger partial charge in [-0.3, -0.25) is 4.90 Å². The van der Waals surface area contributed by atoms with Crippen molar-refractivity contribution in [2.75, 3.05) is 6.54 Å². The van der Waals surface area contributed by atoms with E-state index >= 15 is 0 Å². The third kappa shape index (κ3) is 3.01. The number of rotatable bonds is 3. The van der Waals surface area contributed by atoms with Crippen molar-refractivity contribution in [3.8, 4) is 10.7 Å². The molecule has 1 aliphatic rings. The van der Waals surface area contributed by atoms with Gasteiger partial charge >= 0.3 is 0 Å². The molecule has 4 rings (SSSR count). The first-order valence-corrected chi connectivity index (χ1v) is 9.67. The summed E-state index contributed by atoms with van der Waals surface area (Å²) < 4.78 is 1.17. The van der Waals surface area contributed by atoms with Crippen molar-refractivity contribution < 1.29 is 0 Å². The molecule has 0 fully saturated rings. The summed E-state index contributed by atoms with van der Waals surface area (Å²) in [5.74, 6) is 0.865. The van der Waals surface area contributed by atoms with Crippen molar-refractivity contribution in [3.63, 3.8) is 0 Å². The molecule has 112 valence electrons. The molecule has 4 heterocycles. The van der Waals surface area contributed by atoms with Gasteiger partial charge in [-0.1, -0.05) is 6.07 Å². The molecule has 1 aliphatic heterocycles. The van der Waals surface area contributed by atoms with Crippen molar-refractivity contribution in [2.45, 2.75) is 19.5 Å². The first-order valence-electron chi connectivity index (χ1n) is 7.12. The maximum absolute atomic E-state index is 4.77. The number of thiophene rings is 2. The summed E-state index contributed by atoms with van der Waals surface area (Å²) in [6.45, 7) is 3.00. The maximum atomic E-state index is 4.77. The molecule has 0 N–H and O–H groups in total. The predicted octanol–water partition coefficient (Wildman–Crippen LogP) is 4.59. The average molecular weight is 392 g/mol. The van der Waals surface area contributed by atoms with Gasteiger partial charge in [0.15, 0.2) is 5.82 Å². The second kappa shape index (κ2) is 6.20. The Balaban J connectivity index is 1.52. The largest absolute Gasteiger partial charge is 0.293 e. The van der Waals surface area contributed by atoms with Crippen molar-refractivity contribution in [1.82, 2.24) is 14.9 Å². The van der Waals surface area contributed by atoms with Crippen LogP contribution >= 0.6 is 38.6 Å². The normalized spacial score (nSPS) is 15.0. The van der Waals surface area contributed by atoms with E-state index in [-0.39, 0.29) is 0 Å². The molecule has 3 aromatic rings. The fourth-order valence-corrected chi connectivity index (χ4v) is 4.85. The van der Waals surface area contributed by atoms with Crippen LogP contribution in [0, 0.1) is 0 Å². The van der Waals surface area contributed by atoms with Crippen LogP contribution in [0.25, 0.3) is 10.7 Å². The lowest BCUT2D eigenvalue weighted by atomic mass is 10.1. The summed E-state index contributed by atoms with van der Waals surface area (Å²) in [5.41, 5.74) is 2.48. The van der Waals surface area contributed by atoms with Gasteiger partial charge in [0, 0.05) is 52.5 Å². The van der Waals surface area contributed by atoms with E-state index in [1.54, 1.807) is 22.7 Å². The lowest BCUT2D eigenvalue weighted by molar-refractivity contribution is 0.245. The number of hydrogen-bond acceptors (Lipinski definition) is 5. The molecule has 0 radical (unpaired) electrons. The molecule has 22 heavy (non-hydrogen) atoms. The Bertz CT molecular complexity index is 783. The van der Waals surface area contributed by atoms with Crippen LogP contribution in [0.2, 0.25) is 0 Å². The number of hydrogen-bond donors (Lipinski definition) is 0. The van der Waals surface area contributed by atoms with Gasteiger partial charge in [0.1, 0.15) is 0 Å². The smallest absolute Gasteiger partial charge is 0.169 e. The van der Waals surface area contributed by atoms with E-state index in [1.165, 1.54) is 20.6 Å². The van der Waals surface area contributed by atoms with Gasteiger partial charge in [-0.2, -0.15) is 0 Å². The van der Waals surface area contributed by atoms with E-state index in [1.807, 2.05) is 12.3 Å². The molecule has 0 aromatic carbocycles. The van der Waals surface area contributed by atoms with Crippen LogP contribution in [0.5, 0.6) is 0 Å². The summed E-state index contributed by atoms with van der Waals surface area (Å²) in [6.07, 6.45) is 3.01. The zero-order valence-electron chi connectivity index (χ0n) is 11.8. The Morgan fingerprint density at radius 1 is 1.32 bits per heavy atom. The number of halogens is 1. The van der Waals surface area contributed by atoms with E-state index < -0.39 is 0 Å². The quantitative estimate of drug-likeness (QED) is 0.653. The standard InChI is InChI=1S/C16H14BrN3S2/c17-12-6-13(22-10-12)9-20-4-3-14-11(8-20)7-18-16(19-14)15-2-1-5-21-15/h1-2,5-7,10H,3-4,8-9H2. The molecule has 0 saturated heterocycles. The van der Waals surface area contributed by atoms with Gasteiger partial charge in [0.2, 0.25) is 0 Å². The predicted molar refractivity (Wildman–Crippen MR) is 95.2 cm³/mol. The van der Waals surface area contributed by atoms with Crippen LogP contribution < -0.4 is 0 Å². The minimum atomic E-state index is 0.865. The molecular weight excluding hydrogens is 378 g/mol. The van der Waals surface area contributed by atoms with E-state index in [0.29, 0.717) is 0 Å². The second-order valence-corrected chi connectivity index (χ2v) is 8.19. The lowest BCUT2D eigenvalue weighted by Gasteiger charge is -2.27. The van der Waals surface area contributed by atoms with Gasteiger partial charge in [0.25, 0.3) is 0 Å². The van der Waals surface area contributed by atoms with Gasteiger partial charge in [-0.05, 0) is 33.4 Å². The molecule has 6 heteroatoms. The second-order valence-electron chi connectivity index (χ2n) is 5.33. The van der Waals surface area contributed by atoms with Crippen LogP contribution in [-0.2, 0) is 19.5 Å². The fraction of sp³-hybridized carbons (Fsp3) is 0.250. The monoisotopic (exact) mass is 391 g/mol. The number of aromatic nitrogens is 2. The third-order valence-electron chi connectivity index (χ3n) is 3.76. The van der Waals surface area contributed by atoms with Crippen molar-refractivity contribution in [1.29, 1.82) is 0 Å². The SMILES string of the molecule is Brc1csc(CN2CCc3nc(-c4cccs4)ncc3C2)c1. The van der Waals surface area contributed by atoms with Crippen molar-refractivity contribution in [2.24, 2.45) is 0 Å². The van der Waals surface area contributed by atoms with Gasteiger partial charge in [-0.15, -0.1) is 22.7 Å². The van der Waals surface area contributed by atoms with Crippen LogP contribution in [0.1, 0.15) is 16.1 Å².